The second kappa shape index (κ2) is 5.05. The summed E-state index contributed by atoms with van der Waals surface area (Å²) in [6, 6.07) is 5.12. The highest BCUT2D eigenvalue weighted by Crippen LogP contribution is 2.27. The van der Waals surface area contributed by atoms with Crippen LogP contribution in [0.25, 0.3) is 0 Å². The van der Waals surface area contributed by atoms with E-state index >= 15 is 0 Å². The first-order chi connectivity index (χ1) is 8.24. The smallest absolute Gasteiger partial charge is 0.241 e. The van der Waals surface area contributed by atoms with Gasteiger partial charge < -0.3 is 20.1 Å². The van der Waals surface area contributed by atoms with Crippen LogP contribution in [0.1, 0.15) is 11.6 Å². The Morgan fingerprint density at radius 1 is 1.12 bits per heavy atom. The number of piperazine rings is 1. The fourth-order valence-electron chi connectivity index (χ4n) is 1.86. The molecule has 1 aromatic rings. The highest BCUT2D eigenvalue weighted by atomic mass is 16.5. The van der Waals surface area contributed by atoms with Gasteiger partial charge in [-0.15, -0.1) is 0 Å². The highest BCUT2D eigenvalue weighted by molar-refractivity contribution is 5.84. The van der Waals surface area contributed by atoms with Gasteiger partial charge in [-0.25, -0.2) is 0 Å². The fourth-order valence-corrected chi connectivity index (χ4v) is 1.86. The van der Waals surface area contributed by atoms with Crippen LogP contribution in [-0.4, -0.2) is 33.2 Å². The van der Waals surface area contributed by atoms with Crippen molar-refractivity contribution < 1.29 is 14.3 Å². The molecule has 2 N–H and O–H groups in total. The molecule has 0 radical (unpaired) electrons. The zero-order chi connectivity index (χ0) is 12.3. The molecule has 0 unspecified atom stereocenters. The lowest BCUT2D eigenvalue weighted by molar-refractivity contribution is -0.124. The maximum atomic E-state index is 11.7. The summed E-state index contributed by atoms with van der Waals surface area (Å²) in [6.45, 7) is 1.42. The SMILES string of the molecule is COc1cc(OC)cc([C@H]2NCCNC2=O)c1. The van der Waals surface area contributed by atoms with E-state index in [1.807, 2.05) is 12.1 Å². The van der Waals surface area contributed by atoms with E-state index in [1.165, 1.54) is 0 Å². The summed E-state index contributed by atoms with van der Waals surface area (Å²) in [4.78, 5) is 11.7. The third-order valence-corrected chi connectivity index (χ3v) is 2.74. The summed E-state index contributed by atoms with van der Waals surface area (Å²) in [7, 11) is 3.18. The molecule has 5 nitrogen and oxygen atoms in total. The lowest BCUT2D eigenvalue weighted by atomic mass is 10.0. The van der Waals surface area contributed by atoms with Crippen LogP contribution in [0.2, 0.25) is 0 Å². The van der Waals surface area contributed by atoms with Gasteiger partial charge in [0.2, 0.25) is 5.91 Å². The predicted octanol–water partition coefficient (Wildman–Crippen LogP) is 0.464. The summed E-state index contributed by atoms with van der Waals surface area (Å²) in [5, 5.41) is 5.99. The monoisotopic (exact) mass is 236 g/mol. The summed E-state index contributed by atoms with van der Waals surface area (Å²) < 4.78 is 10.4. The van der Waals surface area contributed by atoms with Gasteiger partial charge in [-0.3, -0.25) is 4.79 Å². The molecular formula is C12H16N2O3. The van der Waals surface area contributed by atoms with Gasteiger partial charge in [0.05, 0.1) is 14.2 Å². The molecule has 0 spiro atoms. The average molecular weight is 236 g/mol. The number of ether oxygens (including phenoxy) is 2. The van der Waals surface area contributed by atoms with Crippen molar-refractivity contribution in [2.45, 2.75) is 6.04 Å². The van der Waals surface area contributed by atoms with Crippen molar-refractivity contribution in [1.82, 2.24) is 10.6 Å². The summed E-state index contributed by atoms with van der Waals surface area (Å²) in [5.74, 6) is 1.34. The maximum Gasteiger partial charge on any atom is 0.241 e. The Balaban J connectivity index is 2.32. The van der Waals surface area contributed by atoms with Gasteiger partial charge in [0, 0.05) is 19.2 Å². The molecule has 1 aliphatic rings. The maximum absolute atomic E-state index is 11.7. The number of benzene rings is 1. The number of hydrogen-bond donors (Lipinski definition) is 2. The van der Waals surface area contributed by atoms with E-state index in [1.54, 1.807) is 20.3 Å². The Hall–Kier alpha value is -1.75. The number of amides is 1. The third-order valence-electron chi connectivity index (χ3n) is 2.74. The Morgan fingerprint density at radius 2 is 1.76 bits per heavy atom. The highest BCUT2D eigenvalue weighted by Gasteiger charge is 2.24. The van der Waals surface area contributed by atoms with Crippen molar-refractivity contribution in [1.29, 1.82) is 0 Å². The number of carbonyl (C=O) groups excluding carboxylic acids is 1. The minimum atomic E-state index is -0.340. The largest absolute Gasteiger partial charge is 0.497 e. The molecule has 92 valence electrons. The van der Waals surface area contributed by atoms with Crippen molar-refractivity contribution in [2.75, 3.05) is 27.3 Å². The van der Waals surface area contributed by atoms with E-state index in [-0.39, 0.29) is 11.9 Å². The topological polar surface area (TPSA) is 59.6 Å². The number of carbonyl (C=O) groups is 1. The van der Waals surface area contributed by atoms with E-state index in [0.717, 1.165) is 12.1 Å². The molecule has 0 aliphatic carbocycles. The lowest BCUT2D eigenvalue weighted by Crippen LogP contribution is -2.47. The first-order valence-electron chi connectivity index (χ1n) is 5.48. The van der Waals surface area contributed by atoms with Crippen molar-refractivity contribution in [3.05, 3.63) is 23.8 Å². The van der Waals surface area contributed by atoms with Crippen LogP contribution in [0.5, 0.6) is 11.5 Å². The van der Waals surface area contributed by atoms with E-state index < -0.39 is 0 Å². The van der Waals surface area contributed by atoms with E-state index in [2.05, 4.69) is 10.6 Å². The second-order valence-corrected chi connectivity index (χ2v) is 3.82. The normalized spacial score (nSPS) is 19.6. The first kappa shape index (κ1) is 11.7. The Kier molecular flexibility index (Phi) is 3.49. The van der Waals surface area contributed by atoms with Crippen LogP contribution < -0.4 is 20.1 Å². The van der Waals surface area contributed by atoms with Crippen molar-refractivity contribution in [3.63, 3.8) is 0 Å². The van der Waals surface area contributed by atoms with Gasteiger partial charge in [0.25, 0.3) is 0 Å². The van der Waals surface area contributed by atoms with Gasteiger partial charge in [0.15, 0.2) is 0 Å². The molecule has 1 atom stereocenters. The molecule has 0 saturated carbocycles. The zero-order valence-corrected chi connectivity index (χ0v) is 9.95. The number of nitrogens with one attached hydrogen (secondary N) is 2. The van der Waals surface area contributed by atoms with E-state index in [0.29, 0.717) is 18.0 Å². The average Bonchev–Trinajstić information content (AvgIpc) is 2.38. The Bertz CT molecular complexity index is 398. The molecule has 0 bridgehead atoms. The number of methoxy groups -OCH3 is 2. The number of hydrogen-bond acceptors (Lipinski definition) is 4. The van der Waals surface area contributed by atoms with E-state index in [4.69, 9.17) is 9.47 Å². The van der Waals surface area contributed by atoms with Gasteiger partial charge in [0.1, 0.15) is 17.5 Å². The minimum Gasteiger partial charge on any atom is -0.497 e. The van der Waals surface area contributed by atoms with Crippen LogP contribution in [0, 0.1) is 0 Å². The number of rotatable bonds is 3. The first-order valence-corrected chi connectivity index (χ1v) is 5.48. The van der Waals surface area contributed by atoms with Crippen LogP contribution in [0.3, 0.4) is 0 Å². The van der Waals surface area contributed by atoms with Gasteiger partial charge in [-0.1, -0.05) is 0 Å². The van der Waals surface area contributed by atoms with Crippen molar-refractivity contribution >= 4 is 5.91 Å². The molecule has 17 heavy (non-hydrogen) atoms. The quantitative estimate of drug-likeness (QED) is 0.800. The molecule has 5 heteroatoms. The second-order valence-electron chi connectivity index (χ2n) is 3.82. The molecule has 1 amide bonds. The molecule has 0 aromatic heterocycles. The Morgan fingerprint density at radius 3 is 2.29 bits per heavy atom. The summed E-state index contributed by atoms with van der Waals surface area (Å²) in [5.41, 5.74) is 0.846. The molecule has 1 heterocycles. The van der Waals surface area contributed by atoms with Gasteiger partial charge in [-0.2, -0.15) is 0 Å². The minimum absolute atomic E-state index is 0.0217. The fraction of sp³-hybridized carbons (Fsp3) is 0.417. The van der Waals surface area contributed by atoms with Gasteiger partial charge in [-0.05, 0) is 17.7 Å². The molecule has 1 aliphatic heterocycles. The lowest BCUT2D eigenvalue weighted by Gasteiger charge is -2.24. The van der Waals surface area contributed by atoms with Crippen LogP contribution in [-0.2, 0) is 4.79 Å². The Labute approximate surface area is 100 Å². The third kappa shape index (κ3) is 2.50. The van der Waals surface area contributed by atoms with E-state index in [9.17, 15) is 4.79 Å². The summed E-state index contributed by atoms with van der Waals surface area (Å²) >= 11 is 0. The zero-order valence-electron chi connectivity index (χ0n) is 9.95. The van der Waals surface area contributed by atoms with Crippen LogP contribution >= 0.6 is 0 Å². The molecule has 1 aromatic carbocycles. The molecular weight excluding hydrogens is 220 g/mol. The molecule has 2 rings (SSSR count). The van der Waals surface area contributed by atoms with Crippen molar-refractivity contribution in [2.24, 2.45) is 0 Å². The predicted molar refractivity (Wildman–Crippen MR) is 63.3 cm³/mol. The molecule has 1 saturated heterocycles. The summed E-state index contributed by atoms with van der Waals surface area (Å²) in [6.07, 6.45) is 0. The van der Waals surface area contributed by atoms with Gasteiger partial charge >= 0.3 is 0 Å². The molecule has 1 fully saturated rings. The van der Waals surface area contributed by atoms with Crippen molar-refractivity contribution in [3.8, 4) is 11.5 Å². The standard InChI is InChI=1S/C12H16N2O3/c1-16-9-5-8(6-10(7-9)17-2)11-12(15)14-4-3-13-11/h5-7,11,13H,3-4H2,1-2H3,(H,14,15)/t11-/m1/s1. The van der Waals surface area contributed by atoms with Crippen LogP contribution in [0.4, 0.5) is 0 Å². The van der Waals surface area contributed by atoms with Crippen LogP contribution in [0.15, 0.2) is 18.2 Å².